The Morgan fingerprint density at radius 1 is 1.26 bits per heavy atom. The van der Waals surface area contributed by atoms with Gasteiger partial charge >= 0.3 is 0 Å². The van der Waals surface area contributed by atoms with E-state index in [0.717, 1.165) is 25.7 Å². The number of furan rings is 1. The second-order valence-corrected chi connectivity index (χ2v) is 7.25. The van der Waals surface area contributed by atoms with E-state index in [4.69, 9.17) is 4.42 Å². The van der Waals surface area contributed by atoms with Gasteiger partial charge in [0.2, 0.25) is 0 Å². The van der Waals surface area contributed by atoms with Gasteiger partial charge < -0.3 is 4.42 Å². The van der Waals surface area contributed by atoms with Gasteiger partial charge in [0, 0.05) is 20.1 Å². The van der Waals surface area contributed by atoms with E-state index >= 15 is 0 Å². The minimum atomic E-state index is -3.41. The van der Waals surface area contributed by atoms with Crippen LogP contribution in [0.1, 0.15) is 37.9 Å². The molecule has 0 N–H and O–H groups in total. The normalized spacial score (nSPS) is 18.3. The van der Waals surface area contributed by atoms with E-state index in [2.05, 4.69) is 0 Å². The maximum atomic E-state index is 12.5. The Labute approximate surface area is 115 Å². The Kier molecular flexibility index (Phi) is 4.65. The molecule has 1 aliphatic rings. The van der Waals surface area contributed by atoms with Crippen LogP contribution in [0.3, 0.4) is 0 Å². The van der Waals surface area contributed by atoms with Crippen molar-refractivity contribution in [1.82, 2.24) is 8.61 Å². The maximum Gasteiger partial charge on any atom is 0.282 e. The van der Waals surface area contributed by atoms with E-state index in [0.29, 0.717) is 5.76 Å². The average molecular weight is 286 g/mol. The third-order valence-corrected chi connectivity index (χ3v) is 5.75. The molecule has 0 bridgehead atoms. The molecular weight excluding hydrogens is 264 g/mol. The molecular formula is C13H22N2O3S. The standard InChI is InChI=1S/C13H22N2O3S/c1-14(11-13-9-6-10-18-13)19(16,17)15(2)12-7-4-3-5-8-12/h6,9-10,12H,3-5,7-8,11H2,1-2H3. The first kappa shape index (κ1) is 14.6. The van der Waals surface area contributed by atoms with Gasteiger partial charge in [-0.05, 0) is 25.0 Å². The van der Waals surface area contributed by atoms with E-state index in [1.54, 1.807) is 32.5 Å². The third-order valence-electron chi connectivity index (χ3n) is 3.81. The van der Waals surface area contributed by atoms with Crippen LogP contribution in [0.15, 0.2) is 22.8 Å². The van der Waals surface area contributed by atoms with Crippen molar-refractivity contribution in [2.45, 2.75) is 44.7 Å². The quantitative estimate of drug-likeness (QED) is 0.834. The zero-order valence-corrected chi connectivity index (χ0v) is 12.4. The molecule has 108 valence electrons. The fourth-order valence-corrected chi connectivity index (χ4v) is 3.87. The van der Waals surface area contributed by atoms with Gasteiger partial charge in [-0.15, -0.1) is 0 Å². The van der Waals surface area contributed by atoms with Gasteiger partial charge in [-0.1, -0.05) is 19.3 Å². The SMILES string of the molecule is CN(Cc1ccco1)S(=O)(=O)N(C)C1CCCCC1. The van der Waals surface area contributed by atoms with Crippen molar-refractivity contribution in [3.05, 3.63) is 24.2 Å². The lowest BCUT2D eigenvalue weighted by Crippen LogP contribution is -2.45. The van der Waals surface area contributed by atoms with Gasteiger partial charge in [-0.3, -0.25) is 0 Å². The molecule has 1 aromatic heterocycles. The summed E-state index contributed by atoms with van der Waals surface area (Å²) in [5, 5.41) is 0. The summed E-state index contributed by atoms with van der Waals surface area (Å²) in [7, 11) is -0.129. The molecule has 0 unspecified atom stereocenters. The minimum absolute atomic E-state index is 0.137. The van der Waals surface area contributed by atoms with Crippen LogP contribution in [0, 0.1) is 0 Å². The van der Waals surface area contributed by atoms with Crippen molar-refractivity contribution in [2.24, 2.45) is 0 Å². The van der Waals surface area contributed by atoms with Crippen molar-refractivity contribution in [1.29, 1.82) is 0 Å². The van der Waals surface area contributed by atoms with Crippen LogP contribution in [-0.2, 0) is 16.8 Å². The summed E-state index contributed by atoms with van der Waals surface area (Å²) in [4.78, 5) is 0. The molecule has 0 spiro atoms. The summed E-state index contributed by atoms with van der Waals surface area (Å²) < 4.78 is 33.0. The molecule has 5 nitrogen and oxygen atoms in total. The summed E-state index contributed by atoms with van der Waals surface area (Å²) in [6.45, 7) is 0.270. The fraction of sp³-hybridized carbons (Fsp3) is 0.692. The Bertz CT molecular complexity index is 478. The lowest BCUT2D eigenvalue weighted by Gasteiger charge is -2.32. The zero-order valence-electron chi connectivity index (χ0n) is 11.6. The highest BCUT2D eigenvalue weighted by atomic mass is 32.2. The molecule has 1 aliphatic carbocycles. The summed E-state index contributed by atoms with van der Waals surface area (Å²) in [5.74, 6) is 0.656. The maximum absolute atomic E-state index is 12.5. The summed E-state index contributed by atoms with van der Waals surface area (Å²) in [5.41, 5.74) is 0. The Balaban J connectivity index is 2.03. The van der Waals surface area contributed by atoms with Gasteiger partial charge in [0.15, 0.2) is 0 Å². The van der Waals surface area contributed by atoms with Crippen LogP contribution in [0.2, 0.25) is 0 Å². The first-order valence-corrected chi connectivity index (χ1v) is 8.13. The largest absolute Gasteiger partial charge is 0.468 e. The van der Waals surface area contributed by atoms with E-state index in [1.807, 2.05) is 0 Å². The Morgan fingerprint density at radius 3 is 2.53 bits per heavy atom. The molecule has 1 saturated carbocycles. The summed E-state index contributed by atoms with van der Waals surface area (Å²) in [6, 6.07) is 3.69. The number of nitrogens with zero attached hydrogens (tertiary/aromatic N) is 2. The van der Waals surface area contributed by atoms with Crippen LogP contribution in [-0.4, -0.2) is 37.2 Å². The molecule has 0 amide bonds. The molecule has 0 saturated heterocycles. The molecule has 0 aromatic carbocycles. The number of rotatable bonds is 5. The number of hydrogen-bond acceptors (Lipinski definition) is 3. The molecule has 2 rings (SSSR count). The Hall–Kier alpha value is -0.850. The summed E-state index contributed by atoms with van der Waals surface area (Å²) in [6.07, 6.45) is 6.93. The van der Waals surface area contributed by atoms with Crippen LogP contribution in [0.5, 0.6) is 0 Å². The molecule has 6 heteroatoms. The molecule has 1 heterocycles. The van der Waals surface area contributed by atoms with Crippen molar-refractivity contribution >= 4 is 10.2 Å². The highest BCUT2D eigenvalue weighted by Crippen LogP contribution is 2.24. The van der Waals surface area contributed by atoms with Crippen molar-refractivity contribution < 1.29 is 12.8 Å². The molecule has 0 radical (unpaired) electrons. The molecule has 0 atom stereocenters. The average Bonchev–Trinajstić information content (AvgIpc) is 2.91. The Morgan fingerprint density at radius 2 is 1.95 bits per heavy atom. The van der Waals surface area contributed by atoms with Gasteiger partial charge in [0.1, 0.15) is 5.76 Å². The van der Waals surface area contributed by atoms with Crippen LogP contribution in [0.25, 0.3) is 0 Å². The topological polar surface area (TPSA) is 53.8 Å². The van der Waals surface area contributed by atoms with Crippen molar-refractivity contribution in [2.75, 3.05) is 14.1 Å². The van der Waals surface area contributed by atoms with E-state index in [-0.39, 0.29) is 12.6 Å². The molecule has 1 fully saturated rings. The van der Waals surface area contributed by atoms with E-state index in [9.17, 15) is 8.42 Å². The first-order valence-electron chi connectivity index (χ1n) is 6.73. The van der Waals surface area contributed by atoms with Crippen LogP contribution < -0.4 is 0 Å². The zero-order chi connectivity index (χ0) is 13.9. The predicted octanol–water partition coefficient (Wildman–Crippen LogP) is 2.22. The van der Waals surface area contributed by atoms with Crippen LogP contribution >= 0.6 is 0 Å². The monoisotopic (exact) mass is 286 g/mol. The highest BCUT2D eigenvalue weighted by molar-refractivity contribution is 7.86. The predicted molar refractivity (Wildman–Crippen MR) is 73.7 cm³/mol. The van der Waals surface area contributed by atoms with Crippen LogP contribution in [0.4, 0.5) is 0 Å². The molecule has 0 aliphatic heterocycles. The van der Waals surface area contributed by atoms with Gasteiger partial charge in [0.05, 0.1) is 12.8 Å². The lowest BCUT2D eigenvalue weighted by atomic mass is 9.96. The molecule has 19 heavy (non-hydrogen) atoms. The van der Waals surface area contributed by atoms with E-state index < -0.39 is 10.2 Å². The second-order valence-electron chi connectivity index (χ2n) is 5.15. The smallest absolute Gasteiger partial charge is 0.282 e. The highest BCUT2D eigenvalue weighted by Gasteiger charge is 2.31. The van der Waals surface area contributed by atoms with Gasteiger partial charge in [0.25, 0.3) is 10.2 Å². The third kappa shape index (κ3) is 3.38. The van der Waals surface area contributed by atoms with E-state index in [1.165, 1.54) is 15.0 Å². The van der Waals surface area contributed by atoms with Gasteiger partial charge in [-0.2, -0.15) is 17.0 Å². The first-order chi connectivity index (χ1) is 9.01. The van der Waals surface area contributed by atoms with Crippen molar-refractivity contribution in [3.63, 3.8) is 0 Å². The van der Waals surface area contributed by atoms with Gasteiger partial charge in [-0.25, -0.2) is 0 Å². The number of hydrogen-bond donors (Lipinski definition) is 0. The lowest BCUT2D eigenvalue weighted by molar-refractivity contribution is 0.265. The van der Waals surface area contributed by atoms with Crippen molar-refractivity contribution in [3.8, 4) is 0 Å². The minimum Gasteiger partial charge on any atom is -0.468 e. The molecule has 1 aromatic rings. The summed E-state index contributed by atoms with van der Waals surface area (Å²) >= 11 is 0. The second kappa shape index (κ2) is 6.07. The fourth-order valence-electron chi connectivity index (χ4n) is 2.56.